The van der Waals surface area contributed by atoms with Gasteiger partial charge in [-0.3, -0.25) is 4.79 Å². The molecule has 0 aromatic rings. The van der Waals surface area contributed by atoms with Crippen molar-refractivity contribution >= 4 is 5.91 Å². The third-order valence-electron chi connectivity index (χ3n) is 4.93. The molecule has 3 heteroatoms. The first-order valence-electron chi connectivity index (χ1n) is 7.27. The Bertz CT molecular complexity index is 301. The fourth-order valence-electron chi connectivity index (χ4n) is 3.70. The molecule has 96 valence electrons. The Morgan fingerprint density at radius 2 is 2.00 bits per heavy atom. The summed E-state index contributed by atoms with van der Waals surface area (Å²) in [6.45, 7) is 1.04. The lowest BCUT2D eigenvalue weighted by Gasteiger charge is -2.32. The van der Waals surface area contributed by atoms with E-state index in [0.29, 0.717) is 11.9 Å². The number of carbonyl (C=O) groups excluding carboxylic acids is 1. The second-order valence-corrected chi connectivity index (χ2v) is 6.11. The van der Waals surface area contributed by atoms with Crippen LogP contribution in [0, 0.1) is 11.8 Å². The molecule has 2 aliphatic carbocycles. The van der Waals surface area contributed by atoms with Gasteiger partial charge in [0.05, 0.1) is 6.04 Å². The molecule has 2 saturated carbocycles. The molecule has 3 unspecified atom stereocenters. The number of likely N-dealkylation sites (N-methyl/N-ethyl adjacent to an activating group) is 1. The highest BCUT2D eigenvalue weighted by atomic mass is 16.2. The predicted octanol–water partition coefficient (Wildman–Crippen LogP) is 1.78. The first-order chi connectivity index (χ1) is 8.29. The molecule has 0 aromatic carbocycles. The molecular formula is C14H24N2O. The Morgan fingerprint density at radius 3 is 2.71 bits per heavy atom. The van der Waals surface area contributed by atoms with Gasteiger partial charge in [-0.1, -0.05) is 6.42 Å². The van der Waals surface area contributed by atoms with E-state index < -0.39 is 0 Å². The van der Waals surface area contributed by atoms with Crippen molar-refractivity contribution in [3.05, 3.63) is 0 Å². The monoisotopic (exact) mass is 236 g/mol. The van der Waals surface area contributed by atoms with Crippen LogP contribution in [0.15, 0.2) is 0 Å². The minimum absolute atomic E-state index is 0.0827. The summed E-state index contributed by atoms with van der Waals surface area (Å²) in [4.78, 5) is 14.8. The Labute approximate surface area is 104 Å². The van der Waals surface area contributed by atoms with Crippen molar-refractivity contribution in [2.75, 3.05) is 13.6 Å². The summed E-state index contributed by atoms with van der Waals surface area (Å²) >= 11 is 0. The smallest absolute Gasteiger partial charge is 0.239 e. The van der Waals surface area contributed by atoms with Gasteiger partial charge in [0.25, 0.3) is 0 Å². The fraction of sp³-hybridized carbons (Fsp3) is 0.929. The van der Waals surface area contributed by atoms with Gasteiger partial charge in [0.2, 0.25) is 5.91 Å². The van der Waals surface area contributed by atoms with Crippen LogP contribution in [0.1, 0.15) is 44.9 Å². The predicted molar refractivity (Wildman–Crippen MR) is 67.6 cm³/mol. The van der Waals surface area contributed by atoms with E-state index in [-0.39, 0.29) is 6.04 Å². The van der Waals surface area contributed by atoms with E-state index >= 15 is 0 Å². The van der Waals surface area contributed by atoms with Crippen LogP contribution in [0.25, 0.3) is 0 Å². The number of nitrogens with zero attached hydrogens (tertiary/aromatic N) is 1. The number of carbonyl (C=O) groups is 1. The molecule has 17 heavy (non-hydrogen) atoms. The molecule has 1 amide bonds. The molecule has 0 aromatic heterocycles. The lowest BCUT2D eigenvalue weighted by atomic mass is 9.97. The molecule has 3 fully saturated rings. The topological polar surface area (TPSA) is 32.3 Å². The van der Waals surface area contributed by atoms with Crippen molar-refractivity contribution in [2.45, 2.75) is 57.0 Å². The van der Waals surface area contributed by atoms with Gasteiger partial charge in [-0.15, -0.1) is 0 Å². The first-order valence-corrected chi connectivity index (χ1v) is 7.27. The number of likely N-dealkylation sites (tertiary alicyclic amines) is 1. The van der Waals surface area contributed by atoms with E-state index in [4.69, 9.17) is 0 Å². The zero-order valence-corrected chi connectivity index (χ0v) is 10.8. The highest BCUT2D eigenvalue weighted by molar-refractivity contribution is 5.82. The molecule has 1 N–H and O–H groups in total. The van der Waals surface area contributed by atoms with Gasteiger partial charge < -0.3 is 10.2 Å². The Balaban J connectivity index is 1.78. The second-order valence-electron chi connectivity index (χ2n) is 6.11. The van der Waals surface area contributed by atoms with Crippen molar-refractivity contribution in [3.63, 3.8) is 0 Å². The molecule has 0 radical (unpaired) electrons. The maximum absolute atomic E-state index is 12.5. The highest BCUT2D eigenvalue weighted by Gasteiger charge is 2.41. The summed E-state index contributed by atoms with van der Waals surface area (Å²) in [5.41, 5.74) is 0. The van der Waals surface area contributed by atoms with Crippen molar-refractivity contribution in [1.82, 2.24) is 10.2 Å². The normalized spacial score (nSPS) is 38.1. The summed E-state index contributed by atoms with van der Waals surface area (Å²) in [6, 6.07) is 0.654. The van der Waals surface area contributed by atoms with Gasteiger partial charge in [0, 0.05) is 12.6 Å². The molecule has 0 spiro atoms. The van der Waals surface area contributed by atoms with Crippen molar-refractivity contribution in [2.24, 2.45) is 11.8 Å². The summed E-state index contributed by atoms with van der Waals surface area (Å²) in [7, 11) is 1.93. The summed E-state index contributed by atoms with van der Waals surface area (Å²) in [6.07, 6.45) is 8.88. The van der Waals surface area contributed by atoms with Crippen molar-refractivity contribution < 1.29 is 4.79 Å². The largest absolute Gasteiger partial charge is 0.338 e. The molecular weight excluding hydrogens is 212 g/mol. The third-order valence-corrected chi connectivity index (χ3v) is 4.93. The zero-order valence-electron chi connectivity index (χ0n) is 10.8. The number of hydrogen-bond donors (Lipinski definition) is 1. The van der Waals surface area contributed by atoms with Gasteiger partial charge in [-0.2, -0.15) is 0 Å². The molecule has 3 aliphatic rings. The van der Waals surface area contributed by atoms with Crippen molar-refractivity contribution in [1.29, 1.82) is 0 Å². The highest BCUT2D eigenvalue weighted by Crippen LogP contribution is 2.39. The van der Waals surface area contributed by atoms with E-state index in [1.54, 1.807) is 0 Å². The Hall–Kier alpha value is -0.570. The van der Waals surface area contributed by atoms with Crippen LogP contribution in [-0.4, -0.2) is 36.5 Å². The third kappa shape index (κ3) is 2.22. The van der Waals surface area contributed by atoms with Gasteiger partial charge >= 0.3 is 0 Å². The lowest BCUT2D eigenvalue weighted by Crippen LogP contribution is -2.48. The van der Waals surface area contributed by atoms with Gasteiger partial charge in [0.1, 0.15) is 0 Å². The molecule has 3 nitrogen and oxygen atoms in total. The molecule has 3 rings (SSSR count). The SMILES string of the molecule is CNC1CCC2CCCC2N(CC2CC2)C1=O. The van der Waals surface area contributed by atoms with E-state index in [1.807, 2.05) is 7.05 Å². The zero-order chi connectivity index (χ0) is 11.8. The molecule has 1 saturated heterocycles. The minimum atomic E-state index is 0.0827. The van der Waals surface area contributed by atoms with E-state index in [9.17, 15) is 4.79 Å². The van der Waals surface area contributed by atoms with E-state index in [2.05, 4.69) is 10.2 Å². The minimum Gasteiger partial charge on any atom is -0.338 e. The van der Waals surface area contributed by atoms with Crippen LogP contribution in [-0.2, 0) is 4.79 Å². The molecule has 1 heterocycles. The maximum atomic E-state index is 12.5. The van der Waals surface area contributed by atoms with Gasteiger partial charge in [0.15, 0.2) is 0 Å². The van der Waals surface area contributed by atoms with Crippen LogP contribution in [0.2, 0.25) is 0 Å². The van der Waals surface area contributed by atoms with Crippen LogP contribution >= 0.6 is 0 Å². The molecule has 3 atom stereocenters. The van der Waals surface area contributed by atoms with Crippen LogP contribution < -0.4 is 5.32 Å². The average Bonchev–Trinajstić information content (AvgIpc) is 3.06. The fourth-order valence-corrected chi connectivity index (χ4v) is 3.70. The second kappa shape index (κ2) is 4.60. The standard InChI is InChI=1S/C14H24N2O/c1-15-12-8-7-11-3-2-4-13(11)16(14(12)17)9-10-5-6-10/h10-13,15H,2-9H2,1H3. The Kier molecular flexibility index (Phi) is 3.12. The number of nitrogens with one attached hydrogen (secondary N) is 1. The maximum Gasteiger partial charge on any atom is 0.239 e. The van der Waals surface area contributed by atoms with E-state index in [0.717, 1.165) is 24.8 Å². The van der Waals surface area contributed by atoms with Gasteiger partial charge in [-0.05, 0) is 57.4 Å². The summed E-state index contributed by atoms with van der Waals surface area (Å²) in [5, 5.41) is 3.22. The number of fused-ring (bicyclic) bond motifs is 1. The quantitative estimate of drug-likeness (QED) is 0.810. The van der Waals surface area contributed by atoms with Gasteiger partial charge in [-0.25, -0.2) is 0 Å². The molecule has 0 bridgehead atoms. The average molecular weight is 236 g/mol. The summed E-state index contributed by atoms with van der Waals surface area (Å²) < 4.78 is 0. The molecule has 1 aliphatic heterocycles. The van der Waals surface area contributed by atoms with Crippen molar-refractivity contribution in [3.8, 4) is 0 Å². The van der Waals surface area contributed by atoms with Crippen LogP contribution in [0.5, 0.6) is 0 Å². The van der Waals surface area contributed by atoms with Crippen LogP contribution in [0.4, 0.5) is 0 Å². The number of hydrogen-bond acceptors (Lipinski definition) is 2. The number of amides is 1. The van der Waals surface area contributed by atoms with Crippen LogP contribution in [0.3, 0.4) is 0 Å². The Morgan fingerprint density at radius 1 is 1.18 bits per heavy atom. The summed E-state index contributed by atoms with van der Waals surface area (Å²) in [5.74, 6) is 1.99. The van der Waals surface area contributed by atoms with E-state index in [1.165, 1.54) is 38.5 Å². The first kappa shape index (κ1) is 11.5. The lowest BCUT2D eigenvalue weighted by molar-refractivity contribution is -0.135. The number of rotatable bonds is 3.